The van der Waals surface area contributed by atoms with Gasteiger partial charge in [-0.3, -0.25) is 9.59 Å². The van der Waals surface area contributed by atoms with E-state index in [2.05, 4.69) is 22.2 Å². The van der Waals surface area contributed by atoms with E-state index in [1.165, 1.54) is 17.0 Å². The van der Waals surface area contributed by atoms with Gasteiger partial charge in [0.1, 0.15) is 5.82 Å². The summed E-state index contributed by atoms with van der Waals surface area (Å²) in [5, 5.41) is 3.06. The Bertz CT molecular complexity index is 1080. The summed E-state index contributed by atoms with van der Waals surface area (Å²) in [4.78, 5) is 34.2. The van der Waals surface area contributed by atoms with Crippen LogP contribution in [0.1, 0.15) is 47.3 Å². The normalized spacial score (nSPS) is 21.4. The monoisotopic (exact) mass is 491 g/mol. The highest BCUT2D eigenvalue weighted by atomic mass is 19.4. The number of hydrogen-bond donors (Lipinski definition) is 1. The number of likely N-dealkylation sites (tertiary alicyclic amines) is 1. The van der Waals surface area contributed by atoms with Crippen LogP contribution < -0.4 is 5.32 Å². The van der Waals surface area contributed by atoms with Gasteiger partial charge in [0.25, 0.3) is 5.91 Å². The molecule has 1 N–H and O–H groups in total. The predicted octanol–water partition coefficient (Wildman–Crippen LogP) is 4.04. The third-order valence-corrected chi connectivity index (χ3v) is 7.18. The summed E-state index contributed by atoms with van der Waals surface area (Å²) in [5.41, 5.74) is -0.0940. The summed E-state index contributed by atoms with van der Waals surface area (Å²) >= 11 is 0. The van der Waals surface area contributed by atoms with Gasteiger partial charge in [-0.05, 0) is 51.4 Å². The summed E-state index contributed by atoms with van der Waals surface area (Å²) in [7, 11) is 3.68. The second-order valence-electron chi connectivity index (χ2n) is 9.92. The molecule has 1 aliphatic carbocycles. The van der Waals surface area contributed by atoms with Gasteiger partial charge in [-0.25, -0.2) is 4.98 Å². The van der Waals surface area contributed by atoms with E-state index in [1.54, 1.807) is 13.4 Å². The first-order valence-corrected chi connectivity index (χ1v) is 12.0. The zero-order valence-electron chi connectivity index (χ0n) is 20.3. The van der Waals surface area contributed by atoms with Gasteiger partial charge in [-0.15, -0.1) is 0 Å². The first kappa shape index (κ1) is 25.2. The van der Waals surface area contributed by atoms with Crippen LogP contribution in [0.4, 0.5) is 19.0 Å². The molecule has 1 aromatic heterocycles. The SMILES string of the molecule is Cc1ncn(CC2CN(C)C2)c1NC(=O)[C@H]1CCC[C@@H](N(C)C(=O)c2cccc(C(F)(F)F)c2)C1. The van der Waals surface area contributed by atoms with Crippen molar-refractivity contribution in [2.45, 2.75) is 51.4 Å². The van der Waals surface area contributed by atoms with Crippen LogP contribution in [-0.2, 0) is 17.5 Å². The maximum Gasteiger partial charge on any atom is 0.416 e. The van der Waals surface area contributed by atoms with E-state index in [0.717, 1.165) is 43.9 Å². The molecule has 2 amide bonds. The van der Waals surface area contributed by atoms with Crippen molar-refractivity contribution >= 4 is 17.6 Å². The van der Waals surface area contributed by atoms with Gasteiger partial charge in [0.2, 0.25) is 5.91 Å². The Morgan fingerprint density at radius 2 is 1.97 bits per heavy atom. The molecule has 0 radical (unpaired) electrons. The summed E-state index contributed by atoms with van der Waals surface area (Å²) in [6.07, 6.45) is -0.120. The molecule has 2 aliphatic rings. The maximum atomic E-state index is 13.2. The van der Waals surface area contributed by atoms with Gasteiger partial charge in [0.05, 0.1) is 17.6 Å². The molecule has 1 saturated heterocycles. The van der Waals surface area contributed by atoms with Gasteiger partial charge in [0, 0.05) is 50.1 Å². The number of carbonyl (C=O) groups is 2. The van der Waals surface area contributed by atoms with Crippen molar-refractivity contribution in [2.24, 2.45) is 11.8 Å². The highest BCUT2D eigenvalue weighted by Gasteiger charge is 2.34. The molecule has 2 atom stereocenters. The standard InChI is InChI=1S/C25H32F3N5O2/c1-16-22(33(15-29-16)14-17-12-31(2)13-17)30-23(34)18-6-5-9-21(11-18)32(3)24(35)19-7-4-8-20(10-19)25(26,27)28/h4,7-8,10,15,17-18,21H,5-6,9,11-14H2,1-3H3,(H,30,34)/t18-,21+/m0/s1. The van der Waals surface area contributed by atoms with Gasteiger partial charge < -0.3 is 19.7 Å². The molecule has 0 unspecified atom stereocenters. The Morgan fingerprint density at radius 3 is 2.66 bits per heavy atom. The largest absolute Gasteiger partial charge is 0.416 e. The van der Waals surface area contributed by atoms with Crippen molar-refractivity contribution in [3.8, 4) is 0 Å². The highest BCUT2D eigenvalue weighted by Crippen LogP contribution is 2.32. The van der Waals surface area contributed by atoms with Crippen LogP contribution in [0, 0.1) is 18.8 Å². The minimum Gasteiger partial charge on any atom is -0.339 e. The summed E-state index contributed by atoms with van der Waals surface area (Å²) in [6.45, 7) is 4.69. The Kier molecular flexibility index (Phi) is 7.21. The zero-order chi connectivity index (χ0) is 25.3. The Hall–Kier alpha value is -2.88. The number of halogens is 3. The number of rotatable bonds is 6. The van der Waals surface area contributed by atoms with Crippen molar-refractivity contribution in [3.63, 3.8) is 0 Å². The molecule has 7 nitrogen and oxygen atoms in total. The van der Waals surface area contributed by atoms with Gasteiger partial charge >= 0.3 is 6.18 Å². The van der Waals surface area contributed by atoms with Crippen LogP contribution in [-0.4, -0.2) is 64.4 Å². The second kappa shape index (κ2) is 10.0. The van der Waals surface area contributed by atoms with Crippen molar-refractivity contribution in [2.75, 3.05) is 32.5 Å². The number of nitrogens with zero attached hydrogens (tertiary/aromatic N) is 4. The molecular formula is C25H32F3N5O2. The quantitative estimate of drug-likeness (QED) is 0.662. The molecule has 0 spiro atoms. The first-order valence-electron chi connectivity index (χ1n) is 12.0. The number of amides is 2. The minimum atomic E-state index is -4.51. The molecule has 2 fully saturated rings. The van der Waals surface area contributed by atoms with E-state index in [9.17, 15) is 22.8 Å². The number of carbonyl (C=O) groups excluding carboxylic acids is 2. The number of hydrogen-bond acceptors (Lipinski definition) is 4. The number of benzene rings is 1. The third-order valence-electron chi connectivity index (χ3n) is 7.18. The zero-order valence-corrected chi connectivity index (χ0v) is 20.3. The summed E-state index contributed by atoms with van der Waals surface area (Å²) in [6, 6.07) is 4.25. The topological polar surface area (TPSA) is 70.5 Å². The average molecular weight is 492 g/mol. The Labute approximate surface area is 203 Å². The molecule has 35 heavy (non-hydrogen) atoms. The number of imidazole rings is 1. The van der Waals surface area contributed by atoms with Crippen molar-refractivity contribution < 1.29 is 22.8 Å². The van der Waals surface area contributed by atoms with Gasteiger partial charge in [-0.1, -0.05) is 12.5 Å². The number of aromatic nitrogens is 2. The fraction of sp³-hybridized carbons (Fsp3) is 0.560. The lowest BCUT2D eigenvalue weighted by Gasteiger charge is -2.37. The molecule has 2 heterocycles. The van der Waals surface area contributed by atoms with Crippen molar-refractivity contribution in [1.82, 2.24) is 19.4 Å². The molecule has 4 rings (SSSR count). The smallest absolute Gasteiger partial charge is 0.339 e. The Balaban J connectivity index is 1.40. The Morgan fingerprint density at radius 1 is 1.23 bits per heavy atom. The van der Waals surface area contributed by atoms with E-state index in [-0.39, 0.29) is 23.4 Å². The summed E-state index contributed by atoms with van der Waals surface area (Å²) in [5.74, 6) is 0.369. The number of anilines is 1. The van der Waals surface area contributed by atoms with Crippen molar-refractivity contribution in [3.05, 3.63) is 47.4 Å². The number of aryl methyl sites for hydroxylation is 1. The molecule has 190 valence electrons. The lowest BCUT2D eigenvalue weighted by Crippen LogP contribution is -2.45. The van der Waals surface area contributed by atoms with E-state index in [4.69, 9.17) is 0 Å². The molecular weight excluding hydrogens is 459 g/mol. The van der Waals surface area contributed by atoms with E-state index >= 15 is 0 Å². The van der Waals surface area contributed by atoms with E-state index < -0.39 is 17.6 Å². The minimum absolute atomic E-state index is 0.00457. The molecule has 1 saturated carbocycles. The van der Waals surface area contributed by atoms with Crippen molar-refractivity contribution in [1.29, 1.82) is 0 Å². The number of alkyl halides is 3. The second-order valence-corrected chi connectivity index (χ2v) is 9.92. The molecule has 1 aliphatic heterocycles. The summed E-state index contributed by atoms with van der Waals surface area (Å²) < 4.78 is 41.2. The maximum absolute atomic E-state index is 13.2. The van der Waals surface area contributed by atoms with Crippen LogP contribution in [0.25, 0.3) is 0 Å². The fourth-order valence-electron chi connectivity index (χ4n) is 5.18. The predicted molar refractivity (Wildman–Crippen MR) is 126 cm³/mol. The van der Waals surface area contributed by atoms with Crippen LogP contribution in [0.5, 0.6) is 0 Å². The lowest BCUT2D eigenvalue weighted by molar-refractivity contribution is -0.137. The van der Waals surface area contributed by atoms with E-state index in [1.807, 2.05) is 11.5 Å². The molecule has 10 heteroatoms. The number of nitrogens with one attached hydrogen (secondary N) is 1. The fourth-order valence-corrected chi connectivity index (χ4v) is 5.18. The lowest BCUT2D eigenvalue weighted by atomic mass is 9.84. The molecule has 1 aromatic carbocycles. The van der Waals surface area contributed by atoms with Crippen LogP contribution in [0.15, 0.2) is 30.6 Å². The third kappa shape index (κ3) is 5.69. The van der Waals surface area contributed by atoms with Gasteiger partial charge in [-0.2, -0.15) is 13.2 Å². The van der Waals surface area contributed by atoms with Crippen LogP contribution in [0.3, 0.4) is 0 Å². The molecule has 0 bridgehead atoms. The van der Waals surface area contributed by atoms with Crippen LogP contribution >= 0.6 is 0 Å². The molecule has 2 aromatic rings. The van der Waals surface area contributed by atoms with E-state index in [0.29, 0.717) is 31.0 Å². The van der Waals surface area contributed by atoms with Gasteiger partial charge in [0.15, 0.2) is 0 Å². The first-order chi connectivity index (χ1) is 16.5. The van der Waals surface area contributed by atoms with Crippen LogP contribution in [0.2, 0.25) is 0 Å². The highest BCUT2D eigenvalue weighted by molar-refractivity contribution is 5.95. The average Bonchev–Trinajstić information content (AvgIpc) is 3.15.